The molecule has 0 aliphatic heterocycles. The Balaban J connectivity index is 3.68. The maximum Gasteiger partial charge on any atom is 0.399 e. The highest BCUT2D eigenvalue weighted by atomic mass is 19.4. The van der Waals surface area contributed by atoms with Gasteiger partial charge in [-0.1, -0.05) is 0 Å². The summed E-state index contributed by atoms with van der Waals surface area (Å²) in [6, 6.07) is 0. The van der Waals surface area contributed by atoms with Crippen LogP contribution in [0.5, 0.6) is 0 Å². The SMILES string of the molecule is CC(=O)COC(=O)CC(F)(F)F. The van der Waals surface area contributed by atoms with E-state index in [1.807, 2.05) is 0 Å². The number of ketones is 1. The van der Waals surface area contributed by atoms with E-state index in [1.54, 1.807) is 0 Å². The number of hydrogen-bond acceptors (Lipinski definition) is 3. The quantitative estimate of drug-likeness (QED) is 0.616. The van der Waals surface area contributed by atoms with Crippen molar-refractivity contribution >= 4 is 11.8 Å². The molecular weight excluding hydrogens is 177 g/mol. The Kier molecular flexibility index (Phi) is 3.72. The number of carbonyl (C=O) groups excluding carboxylic acids is 2. The van der Waals surface area contributed by atoms with E-state index in [-0.39, 0.29) is 0 Å². The topological polar surface area (TPSA) is 43.4 Å². The lowest BCUT2D eigenvalue weighted by molar-refractivity contribution is -0.172. The second-order valence-electron chi connectivity index (χ2n) is 2.15. The van der Waals surface area contributed by atoms with Crippen LogP contribution < -0.4 is 0 Å². The molecule has 70 valence electrons. The van der Waals surface area contributed by atoms with Crippen molar-refractivity contribution in [3.63, 3.8) is 0 Å². The molecular formula is C6H7F3O3. The molecule has 0 aromatic rings. The third-order valence-electron chi connectivity index (χ3n) is 0.781. The van der Waals surface area contributed by atoms with E-state index in [0.717, 1.165) is 6.92 Å². The number of ether oxygens (including phenoxy) is 1. The zero-order valence-electron chi connectivity index (χ0n) is 6.27. The lowest BCUT2D eigenvalue weighted by Gasteiger charge is -2.04. The fourth-order valence-corrected chi connectivity index (χ4v) is 0.397. The van der Waals surface area contributed by atoms with E-state index < -0.39 is 31.0 Å². The second kappa shape index (κ2) is 4.08. The number of halogens is 3. The molecule has 0 amide bonds. The van der Waals surface area contributed by atoms with E-state index in [0.29, 0.717) is 0 Å². The summed E-state index contributed by atoms with van der Waals surface area (Å²) in [6.45, 7) is 0.510. The molecule has 0 N–H and O–H groups in total. The summed E-state index contributed by atoms with van der Waals surface area (Å²) in [5.74, 6) is -1.93. The first-order valence-corrected chi connectivity index (χ1v) is 3.03. The van der Waals surface area contributed by atoms with E-state index in [9.17, 15) is 22.8 Å². The minimum Gasteiger partial charge on any atom is -0.457 e. The molecule has 0 atom stereocenters. The summed E-state index contributed by atoms with van der Waals surface area (Å²) in [6.07, 6.45) is -6.23. The average Bonchev–Trinajstić information content (AvgIpc) is 1.79. The first-order valence-electron chi connectivity index (χ1n) is 3.03. The van der Waals surface area contributed by atoms with Gasteiger partial charge in [0, 0.05) is 0 Å². The summed E-state index contributed by atoms with van der Waals surface area (Å²) >= 11 is 0. The first kappa shape index (κ1) is 10.9. The maximum absolute atomic E-state index is 11.4. The molecule has 0 unspecified atom stereocenters. The molecule has 3 nitrogen and oxygen atoms in total. The molecule has 0 rings (SSSR count). The van der Waals surface area contributed by atoms with Gasteiger partial charge in [-0.05, 0) is 6.92 Å². The minimum absolute atomic E-state index is 0.495. The van der Waals surface area contributed by atoms with Crippen molar-refractivity contribution in [3.8, 4) is 0 Å². The molecule has 0 heterocycles. The van der Waals surface area contributed by atoms with Crippen LogP contribution in [0.4, 0.5) is 13.2 Å². The second-order valence-corrected chi connectivity index (χ2v) is 2.15. The summed E-state index contributed by atoms with van der Waals surface area (Å²) in [5.41, 5.74) is 0. The van der Waals surface area contributed by atoms with Gasteiger partial charge in [-0.3, -0.25) is 9.59 Å². The Labute approximate surface area is 66.5 Å². The Morgan fingerprint density at radius 2 is 1.83 bits per heavy atom. The van der Waals surface area contributed by atoms with Crippen LogP contribution in [0.25, 0.3) is 0 Å². The molecule has 0 aliphatic carbocycles. The molecule has 0 saturated carbocycles. The molecule has 0 spiro atoms. The van der Waals surface area contributed by atoms with E-state index in [4.69, 9.17) is 0 Å². The van der Waals surface area contributed by atoms with Gasteiger partial charge in [0.2, 0.25) is 0 Å². The predicted molar refractivity (Wildman–Crippen MR) is 32.3 cm³/mol. The van der Waals surface area contributed by atoms with Crippen molar-refractivity contribution in [1.29, 1.82) is 0 Å². The Bertz CT molecular complexity index is 185. The van der Waals surface area contributed by atoms with Crippen molar-refractivity contribution in [2.24, 2.45) is 0 Å². The van der Waals surface area contributed by atoms with Crippen LogP contribution in [-0.4, -0.2) is 24.5 Å². The number of carbonyl (C=O) groups is 2. The van der Waals surface area contributed by atoms with Crippen LogP contribution in [-0.2, 0) is 14.3 Å². The highest BCUT2D eigenvalue weighted by Crippen LogP contribution is 2.19. The van der Waals surface area contributed by atoms with Crippen molar-refractivity contribution < 1.29 is 27.5 Å². The van der Waals surface area contributed by atoms with Gasteiger partial charge >= 0.3 is 12.1 Å². The van der Waals surface area contributed by atoms with Crippen molar-refractivity contribution in [2.45, 2.75) is 19.5 Å². The highest BCUT2D eigenvalue weighted by molar-refractivity contribution is 5.80. The summed E-state index contributed by atoms with van der Waals surface area (Å²) in [7, 11) is 0. The van der Waals surface area contributed by atoms with Crippen molar-refractivity contribution in [2.75, 3.05) is 6.61 Å². The summed E-state index contributed by atoms with van der Waals surface area (Å²) in [4.78, 5) is 20.4. The van der Waals surface area contributed by atoms with E-state index in [1.165, 1.54) is 0 Å². The van der Waals surface area contributed by atoms with Gasteiger partial charge in [-0.25, -0.2) is 0 Å². The zero-order valence-corrected chi connectivity index (χ0v) is 6.27. The third-order valence-corrected chi connectivity index (χ3v) is 0.781. The van der Waals surface area contributed by atoms with Crippen molar-refractivity contribution in [1.82, 2.24) is 0 Å². The molecule has 0 fully saturated rings. The molecule has 0 aromatic carbocycles. The Morgan fingerprint density at radius 3 is 2.17 bits per heavy atom. The van der Waals surface area contributed by atoms with Crippen LogP contribution in [0.1, 0.15) is 13.3 Å². The van der Waals surface area contributed by atoms with Gasteiger partial charge in [-0.2, -0.15) is 13.2 Å². The Hall–Kier alpha value is -1.07. The monoisotopic (exact) mass is 184 g/mol. The lowest BCUT2D eigenvalue weighted by atomic mass is 10.4. The van der Waals surface area contributed by atoms with Gasteiger partial charge in [0.05, 0.1) is 0 Å². The first-order chi connectivity index (χ1) is 5.31. The molecule has 0 saturated heterocycles. The Morgan fingerprint density at radius 1 is 1.33 bits per heavy atom. The number of Topliss-reactive ketones (excluding diaryl/α,β-unsaturated/α-hetero) is 1. The standard InChI is InChI=1S/C6H7F3O3/c1-4(10)3-12-5(11)2-6(7,8)9/h2-3H2,1H3. The number of rotatable bonds is 3. The lowest BCUT2D eigenvalue weighted by Crippen LogP contribution is -2.19. The zero-order chi connectivity index (χ0) is 9.78. The normalized spacial score (nSPS) is 11.0. The average molecular weight is 184 g/mol. The maximum atomic E-state index is 11.4. The molecule has 0 aromatic heterocycles. The fraction of sp³-hybridized carbons (Fsp3) is 0.667. The van der Waals surface area contributed by atoms with Crippen LogP contribution in [0.15, 0.2) is 0 Å². The van der Waals surface area contributed by atoms with E-state index >= 15 is 0 Å². The van der Waals surface area contributed by atoms with E-state index in [2.05, 4.69) is 4.74 Å². The predicted octanol–water partition coefficient (Wildman–Crippen LogP) is 1.07. The molecule has 0 radical (unpaired) electrons. The van der Waals surface area contributed by atoms with Gasteiger partial charge in [0.25, 0.3) is 0 Å². The van der Waals surface area contributed by atoms with Gasteiger partial charge in [-0.15, -0.1) is 0 Å². The van der Waals surface area contributed by atoms with Crippen molar-refractivity contribution in [3.05, 3.63) is 0 Å². The van der Waals surface area contributed by atoms with Crippen LogP contribution in [0.2, 0.25) is 0 Å². The number of esters is 1. The summed E-state index contributed by atoms with van der Waals surface area (Å²) in [5, 5.41) is 0. The van der Waals surface area contributed by atoms with Gasteiger partial charge in [0.15, 0.2) is 5.78 Å². The third kappa shape index (κ3) is 7.04. The number of hydrogen-bond donors (Lipinski definition) is 0. The van der Waals surface area contributed by atoms with Gasteiger partial charge < -0.3 is 4.74 Å². The fourth-order valence-electron chi connectivity index (χ4n) is 0.397. The minimum atomic E-state index is -4.58. The van der Waals surface area contributed by atoms with Crippen LogP contribution >= 0.6 is 0 Å². The summed E-state index contributed by atoms with van der Waals surface area (Å²) < 4.78 is 38.3. The molecule has 6 heteroatoms. The van der Waals surface area contributed by atoms with Gasteiger partial charge in [0.1, 0.15) is 13.0 Å². The smallest absolute Gasteiger partial charge is 0.399 e. The van der Waals surface area contributed by atoms with Crippen LogP contribution in [0.3, 0.4) is 0 Å². The van der Waals surface area contributed by atoms with Crippen LogP contribution in [0, 0.1) is 0 Å². The largest absolute Gasteiger partial charge is 0.457 e. The molecule has 0 aliphatic rings. The highest BCUT2D eigenvalue weighted by Gasteiger charge is 2.32. The molecule has 12 heavy (non-hydrogen) atoms. The molecule has 0 bridgehead atoms. The number of alkyl halides is 3.